The first-order valence-corrected chi connectivity index (χ1v) is 12.2. The number of carbonyl (C=O) groups excluding carboxylic acids is 2. The van der Waals surface area contributed by atoms with Gasteiger partial charge < -0.3 is 10.6 Å². The van der Waals surface area contributed by atoms with Crippen LogP contribution in [0.1, 0.15) is 49.8 Å². The van der Waals surface area contributed by atoms with Gasteiger partial charge in [0, 0.05) is 11.9 Å². The largest absolute Gasteiger partial charge is 0.348 e. The molecule has 2 aromatic rings. The van der Waals surface area contributed by atoms with Gasteiger partial charge in [0.05, 0.1) is 12.5 Å². The quantitative estimate of drug-likeness (QED) is 0.680. The average molecular weight is 447 g/mol. The molecule has 3 rings (SSSR count). The minimum Gasteiger partial charge on any atom is -0.348 e. The molecule has 1 unspecified atom stereocenters. The second-order valence-corrected chi connectivity index (χ2v) is 10.4. The standard InChI is InChI=1S/C23H27FN2O4S/c1-16(25-22(28)23(31(2,29)30)12-5-6-13-23)17-9-7-10-19(14-17)26-21(27)15-18-8-3-4-11-20(18)24/h3-4,7-11,14,16H,5-6,12-13,15H2,1-2H3,(H,25,28)(H,26,27). The van der Waals surface area contributed by atoms with E-state index >= 15 is 0 Å². The molecule has 2 aromatic carbocycles. The SMILES string of the molecule is CC(NC(=O)C1(S(C)(=O)=O)CCCC1)c1cccc(NC(=O)Cc2ccccc2F)c1. The van der Waals surface area contributed by atoms with Crippen molar-refractivity contribution < 1.29 is 22.4 Å². The third-order valence-corrected chi connectivity index (χ3v) is 7.87. The van der Waals surface area contributed by atoms with Gasteiger partial charge in [-0.05, 0) is 49.1 Å². The second kappa shape index (κ2) is 9.18. The fraction of sp³-hybridized carbons (Fsp3) is 0.391. The van der Waals surface area contributed by atoms with Crippen molar-refractivity contribution in [2.24, 2.45) is 0 Å². The number of carbonyl (C=O) groups is 2. The zero-order chi connectivity index (χ0) is 22.6. The highest BCUT2D eigenvalue weighted by Gasteiger charge is 2.50. The minimum absolute atomic E-state index is 0.0972. The number of hydrogen-bond donors (Lipinski definition) is 2. The van der Waals surface area contributed by atoms with Crippen LogP contribution in [-0.4, -0.2) is 31.2 Å². The highest BCUT2D eigenvalue weighted by molar-refractivity contribution is 7.92. The molecule has 0 radical (unpaired) electrons. The van der Waals surface area contributed by atoms with Crippen LogP contribution < -0.4 is 10.6 Å². The Kier molecular flexibility index (Phi) is 6.79. The molecule has 1 atom stereocenters. The van der Waals surface area contributed by atoms with Gasteiger partial charge in [-0.1, -0.05) is 43.2 Å². The zero-order valence-corrected chi connectivity index (χ0v) is 18.5. The number of halogens is 1. The number of rotatable bonds is 7. The van der Waals surface area contributed by atoms with Crippen LogP contribution in [-0.2, 0) is 25.8 Å². The van der Waals surface area contributed by atoms with E-state index in [0.717, 1.165) is 11.8 Å². The maximum absolute atomic E-state index is 13.8. The summed E-state index contributed by atoms with van der Waals surface area (Å²) in [5, 5.41) is 5.57. The van der Waals surface area contributed by atoms with Gasteiger partial charge in [-0.25, -0.2) is 12.8 Å². The number of benzene rings is 2. The Morgan fingerprint density at radius 3 is 2.42 bits per heavy atom. The zero-order valence-electron chi connectivity index (χ0n) is 17.7. The van der Waals surface area contributed by atoms with Crippen molar-refractivity contribution in [2.75, 3.05) is 11.6 Å². The van der Waals surface area contributed by atoms with Gasteiger partial charge in [-0.3, -0.25) is 9.59 Å². The molecule has 2 amide bonds. The lowest BCUT2D eigenvalue weighted by molar-refractivity contribution is -0.124. The summed E-state index contributed by atoms with van der Waals surface area (Å²) >= 11 is 0. The molecule has 0 bridgehead atoms. The molecule has 8 heteroatoms. The summed E-state index contributed by atoms with van der Waals surface area (Å²) in [6, 6.07) is 12.6. The first-order valence-electron chi connectivity index (χ1n) is 10.3. The molecule has 1 fully saturated rings. The van der Waals surface area contributed by atoms with Crippen LogP contribution in [0.15, 0.2) is 48.5 Å². The first-order chi connectivity index (χ1) is 14.6. The summed E-state index contributed by atoms with van der Waals surface area (Å²) in [6.07, 6.45) is 3.10. The Balaban J connectivity index is 1.68. The van der Waals surface area contributed by atoms with E-state index in [1.165, 1.54) is 6.07 Å². The van der Waals surface area contributed by atoms with Gasteiger partial charge in [0.25, 0.3) is 0 Å². The molecule has 1 aliphatic carbocycles. The lowest BCUT2D eigenvalue weighted by atomic mass is 10.0. The van der Waals surface area contributed by atoms with E-state index in [2.05, 4.69) is 10.6 Å². The van der Waals surface area contributed by atoms with E-state index in [1.54, 1.807) is 49.4 Å². The Morgan fingerprint density at radius 2 is 1.77 bits per heavy atom. The van der Waals surface area contributed by atoms with Gasteiger partial charge in [-0.15, -0.1) is 0 Å². The Morgan fingerprint density at radius 1 is 1.10 bits per heavy atom. The van der Waals surface area contributed by atoms with Crippen LogP contribution in [0.5, 0.6) is 0 Å². The monoisotopic (exact) mass is 446 g/mol. The molecular formula is C23H27FN2O4S. The third-order valence-electron chi connectivity index (χ3n) is 5.86. The molecule has 0 heterocycles. The van der Waals surface area contributed by atoms with Crippen LogP contribution in [0.25, 0.3) is 0 Å². The summed E-state index contributed by atoms with van der Waals surface area (Å²) in [6.45, 7) is 1.77. The predicted octanol–water partition coefficient (Wildman–Crippen LogP) is 3.54. The first kappa shape index (κ1) is 22.9. The lowest BCUT2D eigenvalue weighted by Gasteiger charge is -2.28. The molecule has 6 nitrogen and oxygen atoms in total. The van der Waals surface area contributed by atoms with Crippen molar-refractivity contribution in [1.82, 2.24) is 5.32 Å². The Hall–Kier alpha value is -2.74. The summed E-state index contributed by atoms with van der Waals surface area (Å²) < 4.78 is 37.1. The van der Waals surface area contributed by atoms with Crippen LogP contribution in [0, 0.1) is 5.82 Å². The predicted molar refractivity (Wildman–Crippen MR) is 118 cm³/mol. The van der Waals surface area contributed by atoms with E-state index in [4.69, 9.17) is 0 Å². The number of hydrogen-bond acceptors (Lipinski definition) is 4. The topological polar surface area (TPSA) is 92.3 Å². The van der Waals surface area contributed by atoms with Crippen LogP contribution in [0.2, 0.25) is 0 Å². The minimum atomic E-state index is -3.55. The van der Waals surface area contributed by atoms with Gasteiger partial charge in [-0.2, -0.15) is 0 Å². The molecule has 0 saturated heterocycles. The summed E-state index contributed by atoms with van der Waals surface area (Å²) in [5.74, 6) is -1.27. The maximum Gasteiger partial charge on any atom is 0.241 e. The van der Waals surface area contributed by atoms with Crippen molar-refractivity contribution in [3.63, 3.8) is 0 Å². The molecule has 1 aliphatic rings. The molecular weight excluding hydrogens is 419 g/mol. The Bertz CT molecular complexity index is 1080. The molecule has 1 saturated carbocycles. The van der Waals surface area contributed by atoms with Crippen molar-refractivity contribution in [3.8, 4) is 0 Å². The van der Waals surface area contributed by atoms with E-state index in [1.807, 2.05) is 0 Å². The van der Waals surface area contributed by atoms with Gasteiger partial charge >= 0.3 is 0 Å². The average Bonchev–Trinajstić information content (AvgIpc) is 3.21. The highest BCUT2D eigenvalue weighted by Crippen LogP contribution is 2.37. The van der Waals surface area contributed by atoms with E-state index < -0.39 is 32.4 Å². The van der Waals surface area contributed by atoms with E-state index in [0.29, 0.717) is 36.9 Å². The maximum atomic E-state index is 13.8. The van der Waals surface area contributed by atoms with Crippen molar-refractivity contribution in [3.05, 3.63) is 65.5 Å². The van der Waals surface area contributed by atoms with Crippen molar-refractivity contribution in [1.29, 1.82) is 0 Å². The van der Waals surface area contributed by atoms with Gasteiger partial charge in [0.2, 0.25) is 11.8 Å². The second-order valence-electron chi connectivity index (χ2n) is 8.11. The molecule has 2 N–H and O–H groups in total. The summed E-state index contributed by atoms with van der Waals surface area (Å²) in [7, 11) is -3.55. The van der Waals surface area contributed by atoms with Crippen LogP contribution >= 0.6 is 0 Å². The van der Waals surface area contributed by atoms with Crippen molar-refractivity contribution >= 4 is 27.3 Å². The third kappa shape index (κ3) is 5.12. The van der Waals surface area contributed by atoms with E-state index in [-0.39, 0.29) is 12.3 Å². The molecule has 166 valence electrons. The number of anilines is 1. The molecule has 31 heavy (non-hydrogen) atoms. The fourth-order valence-corrected chi connectivity index (χ4v) is 5.46. The van der Waals surface area contributed by atoms with Gasteiger partial charge in [0.1, 0.15) is 10.6 Å². The molecule has 0 spiro atoms. The Labute approximate surface area is 182 Å². The van der Waals surface area contributed by atoms with Crippen molar-refractivity contribution in [2.45, 2.75) is 49.8 Å². The lowest BCUT2D eigenvalue weighted by Crippen LogP contribution is -2.50. The normalized spacial score (nSPS) is 16.5. The number of nitrogens with one attached hydrogen (secondary N) is 2. The molecule has 0 aromatic heterocycles. The van der Waals surface area contributed by atoms with Gasteiger partial charge in [0.15, 0.2) is 9.84 Å². The van der Waals surface area contributed by atoms with E-state index in [9.17, 15) is 22.4 Å². The number of amides is 2. The smallest absolute Gasteiger partial charge is 0.241 e. The number of sulfone groups is 1. The summed E-state index contributed by atoms with van der Waals surface area (Å²) in [5.41, 5.74) is 1.54. The summed E-state index contributed by atoms with van der Waals surface area (Å²) in [4.78, 5) is 25.2. The van der Waals surface area contributed by atoms with Crippen LogP contribution in [0.4, 0.5) is 10.1 Å². The van der Waals surface area contributed by atoms with Crippen LogP contribution in [0.3, 0.4) is 0 Å². The molecule has 0 aliphatic heterocycles. The fourth-order valence-electron chi connectivity index (χ4n) is 4.03. The highest BCUT2D eigenvalue weighted by atomic mass is 32.2.